The van der Waals surface area contributed by atoms with Gasteiger partial charge in [0.15, 0.2) is 0 Å². The number of amides is 2. The first-order chi connectivity index (χ1) is 15.5. The highest BCUT2D eigenvalue weighted by atomic mass is 32.2. The molecule has 1 N–H and O–H groups in total. The van der Waals surface area contributed by atoms with E-state index in [0.717, 1.165) is 34.6 Å². The summed E-state index contributed by atoms with van der Waals surface area (Å²) in [6, 6.07) is 15.7. The number of aromatic nitrogens is 2. The fourth-order valence-corrected chi connectivity index (χ4v) is 5.23. The van der Waals surface area contributed by atoms with E-state index in [2.05, 4.69) is 9.97 Å². The molecule has 0 saturated heterocycles. The number of hydrogen-bond acceptors (Lipinski definition) is 4. The van der Waals surface area contributed by atoms with Crippen LogP contribution in [0.25, 0.3) is 11.0 Å². The summed E-state index contributed by atoms with van der Waals surface area (Å²) in [6.45, 7) is 0.385. The number of carbonyl (C=O) groups is 2. The van der Waals surface area contributed by atoms with Crippen LogP contribution in [0.1, 0.15) is 48.3 Å². The van der Waals surface area contributed by atoms with Crippen molar-refractivity contribution in [2.45, 2.75) is 49.6 Å². The lowest BCUT2D eigenvalue weighted by Crippen LogP contribution is -2.39. The predicted octanol–water partition coefficient (Wildman–Crippen LogP) is 4.72. The highest BCUT2D eigenvalue weighted by Crippen LogP contribution is 2.26. The van der Waals surface area contributed by atoms with Crippen molar-refractivity contribution in [2.75, 3.05) is 19.8 Å². The fraction of sp³-hybridized carbons (Fsp3) is 0.400. The van der Waals surface area contributed by atoms with Crippen molar-refractivity contribution in [2.24, 2.45) is 0 Å². The summed E-state index contributed by atoms with van der Waals surface area (Å²) in [6.07, 6.45) is 5.85. The second-order valence-electron chi connectivity index (χ2n) is 8.44. The Labute approximate surface area is 193 Å². The third kappa shape index (κ3) is 5.15. The molecule has 0 atom stereocenters. The number of nitrogens with zero attached hydrogens (tertiary/aromatic N) is 3. The number of nitrogens with one attached hydrogen (secondary N) is 1. The van der Waals surface area contributed by atoms with Crippen LogP contribution in [-0.2, 0) is 11.3 Å². The Balaban J connectivity index is 1.40. The standard InChI is InChI=1S/C25H30N4O2S/c1-28(16-23-26-20-13-7-8-14-21(20)27-23)25(31)19-12-6-9-15-22(19)32-17-24(30)29(2)18-10-4-3-5-11-18/h6-9,12-15,18H,3-5,10-11,16-17H2,1-2H3,(H,26,27). The van der Waals surface area contributed by atoms with E-state index in [1.807, 2.05) is 60.5 Å². The molecule has 0 radical (unpaired) electrons. The maximum atomic E-state index is 13.2. The van der Waals surface area contributed by atoms with E-state index in [-0.39, 0.29) is 11.8 Å². The van der Waals surface area contributed by atoms with Gasteiger partial charge in [-0.3, -0.25) is 9.59 Å². The monoisotopic (exact) mass is 450 g/mol. The Morgan fingerprint density at radius 1 is 1.03 bits per heavy atom. The van der Waals surface area contributed by atoms with Crippen LogP contribution in [0.2, 0.25) is 0 Å². The van der Waals surface area contributed by atoms with Crippen molar-refractivity contribution in [3.8, 4) is 0 Å². The third-order valence-corrected chi connectivity index (χ3v) is 7.21. The predicted molar refractivity (Wildman–Crippen MR) is 129 cm³/mol. The van der Waals surface area contributed by atoms with Crippen molar-refractivity contribution in [1.29, 1.82) is 0 Å². The van der Waals surface area contributed by atoms with E-state index < -0.39 is 0 Å². The quantitative estimate of drug-likeness (QED) is 0.529. The van der Waals surface area contributed by atoms with Gasteiger partial charge in [0.2, 0.25) is 5.91 Å². The molecule has 2 aromatic carbocycles. The molecule has 2 amide bonds. The average Bonchev–Trinajstić information content (AvgIpc) is 3.24. The molecule has 1 fully saturated rings. The Bertz CT molecular complexity index is 1060. The molecule has 1 aliphatic rings. The van der Waals surface area contributed by atoms with E-state index in [4.69, 9.17) is 0 Å². The zero-order valence-electron chi connectivity index (χ0n) is 18.7. The van der Waals surface area contributed by atoms with E-state index in [1.54, 1.807) is 11.9 Å². The zero-order chi connectivity index (χ0) is 22.5. The molecule has 1 heterocycles. The van der Waals surface area contributed by atoms with E-state index in [0.29, 0.717) is 23.9 Å². The van der Waals surface area contributed by atoms with Gasteiger partial charge in [-0.1, -0.05) is 43.5 Å². The molecule has 32 heavy (non-hydrogen) atoms. The second kappa shape index (κ2) is 10.2. The number of para-hydroxylation sites is 2. The molecule has 0 unspecified atom stereocenters. The molecule has 1 aromatic heterocycles. The highest BCUT2D eigenvalue weighted by molar-refractivity contribution is 8.00. The van der Waals surface area contributed by atoms with Crippen LogP contribution in [0.3, 0.4) is 0 Å². The van der Waals surface area contributed by atoms with Gasteiger partial charge in [-0.05, 0) is 37.1 Å². The first kappa shape index (κ1) is 22.4. The van der Waals surface area contributed by atoms with Crippen LogP contribution < -0.4 is 0 Å². The Morgan fingerprint density at radius 2 is 1.75 bits per heavy atom. The number of rotatable bonds is 7. The summed E-state index contributed by atoms with van der Waals surface area (Å²) >= 11 is 1.44. The van der Waals surface area contributed by atoms with Crippen molar-refractivity contribution < 1.29 is 9.59 Å². The molecule has 1 aliphatic carbocycles. The first-order valence-corrected chi connectivity index (χ1v) is 12.2. The minimum absolute atomic E-state index is 0.0818. The molecule has 3 aromatic rings. The molecule has 6 nitrogen and oxygen atoms in total. The number of hydrogen-bond donors (Lipinski definition) is 1. The fourth-order valence-electron chi connectivity index (χ4n) is 4.27. The SMILES string of the molecule is CN(Cc1nc2ccccc2[nH]1)C(=O)c1ccccc1SCC(=O)N(C)C1CCCCC1. The molecule has 0 spiro atoms. The second-order valence-corrected chi connectivity index (χ2v) is 9.46. The Morgan fingerprint density at radius 3 is 2.53 bits per heavy atom. The summed E-state index contributed by atoms with van der Waals surface area (Å²) in [4.78, 5) is 38.2. The van der Waals surface area contributed by atoms with Crippen LogP contribution in [0.4, 0.5) is 0 Å². The van der Waals surface area contributed by atoms with Gasteiger partial charge in [0.1, 0.15) is 5.82 Å². The number of benzene rings is 2. The molecule has 168 valence electrons. The highest BCUT2D eigenvalue weighted by Gasteiger charge is 2.23. The summed E-state index contributed by atoms with van der Waals surface area (Å²) in [5.74, 6) is 1.13. The van der Waals surface area contributed by atoms with Gasteiger partial charge in [-0.15, -0.1) is 11.8 Å². The molecular weight excluding hydrogens is 420 g/mol. The van der Waals surface area contributed by atoms with E-state index >= 15 is 0 Å². The van der Waals surface area contributed by atoms with Gasteiger partial charge in [-0.2, -0.15) is 0 Å². The topological polar surface area (TPSA) is 69.3 Å². The molecule has 0 aliphatic heterocycles. The average molecular weight is 451 g/mol. The number of H-pyrrole nitrogens is 1. The van der Waals surface area contributed by atoms with E-state index in [1.165, 1.54) is 31.0 Å². The summed E-state index contributed by atoms with van der Waals surface area (Å²) in [5, 5.41) is 0. The molecule has 4 rings (SSSR count). The normalized spacial score (nSPS) is 14.4. The van der Waals surface area contributed by atoms with Gasteiger partial charge in [0.05, 0.1) is 28.9 Å². The molecule has 0 bridgehead atoms. The smallest absolute Gasteiger partial charge is 0.255 e. The van der Waals surface area contributed by atoms with Crippen molar-refractivity contribution in [3.05, 3.63) is 59.9 Å². The zero-order valence-corrected chi connectivity index (χ0v) is 19.5. The lowest BCUT2D eigenvalue weighted by atomic mass is 9.94. The van der Waals surface area contributed by atoms with Crippen LogP contribution >= 0.6 is 11.8 Å². The Hall–Kier alpha value is -2.80. The molecule has 1 saturated carbocycles. The number of imidazole rings is 1. The molecule has 7 heteroatoms. The van der Waals surface area contributed by atoms with Crippen LogP contribution in [0.15, 0.2) is 53.4 Å². The third-order valence-electron chi connectivity index (χ3n) is 6.16. The van der Waals surface area contributed by atoms with Crippen molar-refractivity contribution in [3.63, 3.8) is 0 Å². The van der Waals surface area contributed by atoms with Gasteiger partial charge in [0.25, 0.3) is 5.91 Å². The lowest BCUT2D eigenvalue weighted by Gasteiger charge is -2.31. The van der Waals surface area contributed by atoms with Gasteiger partial charge in [0, 0.05) is 25.0 Å². The first-order valence-electron chi connectivity index (χ1n) is 11.2. The molecular formula is C25H30N4O2S. The summed E-state index contributed by atoms with van der Waals surface area (Å²) < 4.78 is 0. The van der Waals surface area contributed by atoms with Crippen LogP contribution in [0, 0.1) is 0 Å². The van der Waals surface area contributed by atoms with Crippen LogP contribution in [-0.4, -0.2) is 57.5 Å². The number of thioether (sulfide) groups is 1. The van der Waals surface area contributed by atoms with Crippen LogP contribution in [0.5, 0.6) is 0 Å². The minimum Gasteiger partial charge on any atom is -0.342 e. The van der Waals surface area contributed by atoms with Gasteiger partial charge < -0.3 is 14.8 Å². The largest absolute Gasteiger partial charge is 0.342 e. The summed E-state index contributed by atoms with van der Waals surface area (Å²) in [5.41, 5.74) is 2.46. The maximum absolute atomic E-state index is 13.2. The number of aromatic amines is 1. The number of carbonyl (C=O) groups excluding carboxylic acids is 2. The Kier molecular flexibility index (Phi) is 7.15. The lowest BCUT2D eigenvalue weighted by molar-refractivity contribution is -0.129. The van der Waals surface area contributed by atoms with E-state index in [9.17, 15) is 9.59 Å². The van der Waals surface area contributed by atoms with Crippen molar-refractivity contribution in [1.82, 2.24) is 19.8 Å². The number of fused-ring (bicyclic) bond motifs is 1. The minimum atomic E-state index is -0.0818. The van der Waals surface area contributed by atoms with Gasteiger partial charge >= 0.3 is 0 Å². The van der Waals surface area contributed by atoms with Crippen molar-refractivity contribution >= 4 is 34.6 Å². The van der Waals surface area contributed by atoms with Gasteiger partial charge in [-0.25, -0.2) is 4.98 Å². The maximum Gasteiger partial charge on any atom is 0.255 e. The summed E-state index contributed by atoms with van der Waals surface area (Å²) in [7, 11) is 3.69.